The van der Waals surface area contributed by atoms with Crippen LogP contribution in [0.2, 0.25) is 0 Å². The Labute approximate surface area is 94.8 Å². The molecule has 6 nitrogen and oxygen atoms in total. The van der Waals surface area contributed by atoms with Crippen LogP contribution in [0.15, 0.2) is 12.4 Å². The lowest BCUT2D eigenvalue weighted by molar-refractivity contribution is 0.157. The second kappa shape index (κ2) is 6.12. The second-order valence-electron chi connectivity index (χ2n) is 3.77. The first-order valence-electron chi connectivity index (χ1n) is 5.25. The molecular weight excluding hydrogens is 208 g/mol. The van der Waals surface area contributed by atoms with Gasteiger partial charge in [-0.05, 0) is 13.8 Å². The van der Waals surface area contributed by atoms with Gasteiger partial charge in [-0.2, -0.15) is 5.10 Å². The van der Waals surface area contributed by atoms with Gasteiger partial charge in [-0.25, -0.2) is 4.79 Å². The zero-order valence-electron chi connectivity index (χ0n) is 9.64. The third-order valence-corrected chi connectivity index (χ3v) is 2.04. The Bertz CT molecular complexity index is 335. The van der Waals surface area contributed by atoms with Crippen molar-refractivity contribution in [1.82, 2.24) is 15.1 Å². The smallest absolute Gasteiger partial charge is 0.404 e. The molecule has 0 unspecified atom stereocenters. The minimum Gasteiger partial charge on any atom is -0.448 e. The van der Waals surface area contributed by atoms with Crippen molar-refractivity contribution in [3.63, 3.8) is 0 Å². The maximum absolute atomic E-state index is 10.3. The lowest BCUT2D eigenvalue weighted by atomic mass is 10.3. The molecule has 0 radical (unpaired) electrons. The van der Waals surface area contributed by atoms with Crippen molar-refractivity contribution in [2.45, 2.75) is 26.4 Å². The normalized spacial score (nSPS) is 10.7. The number of nitrogens with one attached hydrogen (secondary N) is 1. The average Bonchev–Trinajstić information content (AvgIpc) is 2.65. The van der Waals surface area contributed by atoms with E-state index in [4.69, 9.17) is 5.73 Å². The van der Waals surface area contributed by atoms with E-state index in [1.165, 1.54) is 0 Å². The summed E-state index contributed by atoms with van der Waals surface area (Å²) in [6, 6.07) is 0.368. The zero-order valence-corrected chi connectivity index (χ0v) is 9.64. The van der Waals surface area contributed by atoms with Crippen molar-refractivity contribution >= 4 is 6.09 Å². The van der Waals surface area contributed by atoms with Crippen LogP contribution in [0.25, 0.3) is 0 Å². The number of hydrogen-bond acceptors (Lipinski definition) is 4. The molecule has 0 aliphatic heterocycles. The Balaban J connectivity index is 2.19. The number of amides is 1. The SMILES string of the molecule is CC(C)n1cc(CNCCOC(N)=O)cn1. The number of aromatic nitrogens is 2. The van der Waals surface area contributed by atoms with Crippen LogP contribution < -0.4 is 11.1 Å². The molecule has 3 N–H and O–H groups in total. The van der Waals surface area contributed by atoms with Crippen LogP contribution in [-0.4, -0.2) is 29.0 Å². The summed E-state index contributed by atoms with van der Waals surface area (Å²) in [5.41, 5.74) is 5.92. The van der Waals surface area contributed by atoms with Crippen LogP contribution in [0.4, 0.5) is 4.79 Å². The molecule has 0 aliphatic rings. The van der Waals surface area contributed by atoms with Crippen LogP contribution in [0.1, 0.15) is 25.5 Å². The first-order valence-corrected chi connectivity index (χ1v) is 5.25. The van der Waals surface area contributed by atoms with E-state index in [0.717, 1.165) is 5.56 Å². The average molecular weight is 226 g/mol. The van der Waals surface area contributed by atoms with Gasteiger partial charge in [-0.1, -0.05) is 0 Å². The fraction of sp³-hybridized carbons (Fsp3) is 0.600. The van der Waals surface area contributed by atoms with E-state index in [2.05, 4.69) is 29.0 Å². The van der Waals surface area contributed by atoms with E-state index in [0.29, 0.717) is 19.1 Å². The topological polar surface area (TPSA) is 82.2 Å². The largest absolute Gasteiger partial charge is 0.448 e. The number of ether oxygens (including phenoxy) is 1. The number of hydrogen-bond donors (Lipinski definition) is 2. The summed E-state index contributed by atoms with van der Waals surface area (Å²) in [6.07, 6.45) is 3.07. The summed E-state index contributed by atoms with van der Waals surface area (Å²) in [4.78, 5) is 10.3. The Morgan fingerprint density at radius 2 is 2.44 bits per heavy atom. The number of primary amides is 1. The molecule has 0 aromatic carbocycles. The molecule has 0 saturated carbocycles. The lowest BCUT2D eigenvalue weighted by Gasteiger charge is -2.04. The third kappa shape index (κ3) is 4.31. The standard InChI is InChI=1S/C10H18N4O2/c1-8(2)14-7-9(6-13-14)5-12-3-4-16-10(11)15/h6-8,12H,3-5H2,1-2H3,(H2,11,15). The Morgan fingerprint density at radius 3 is 3.00 bits per heavy atom. The van der Waals surface area contributed by atoms with Gasteiger partial charge >= 0.3 is 6.09 Å². The van der Waals surface area contributed by atoms with Crippen LogP contribution in [0.3, 0.4) is 0 Å². The van der Waals surface area contributed by atoms with E-state index in [1.807, 2.05) is 17.1 Å². The summed E-state index contributed by atoms with van der Waals surface area (Å²) in [7, 11) is 0. The monoisotopic (exact) mass is 226 g/mol. The van der Waals surface area contributed by atoms with Crippen molar-refractivity contribution in [3.05, 3.63) is 18.0 Å². The van der Waals surface area contributed by atoms with E-state index < -0.39 is 6.09 Å². The third-order valence-electron chi connectivity index (χ3n) is 2.04. The maximum Gasteiger partial charge on any atom is 0.404 e. The number of rotatable bonds is 6. The maximum atomic E-state index is 10.3. The van der Waals surface area contributed by atoms with Crippen molar-refractivity contribution in [2.75, 3.05) is 13.2 Å². The number of nitrogens with zero attached hydrogens (tertiary/aromatic N) is 2. The fourth-order valence-corrected chi connectivity index (χ4v) is 1.21. The summed E-state index contributed by atoms with van der Waals surface area (Å²) < 4.78 is 6.48. The van der Waals surface area contributed by atoms with E-state index in [-0.39, 0.29) is 6.61 Å². The van der Waals surface area contributed by atoms with Gasteiger partial charge in [0.25, 0.3) is 0 Å². The van der Waals surface area contributed by atoms with Gasteiger partial charge < -0.3 is 15.8 Å². The predicted octanol–water partition coefficient (Wildman–Crippen LogP) is 0.649. The fourth-order valence-electron chi connectivity index (χ4n) is 1.21. The van der Waals surface area contributed by atoms with Gasteiger partial charge in [0.2, 0.25) is 0 Å². The first kappa shape index (κ1) is 12.5. The Hall–Kier alpha value is -1.56. The Morgan fingerprint density at radius 1 is 1.69 bits per heavy atom. The van der Waals surface area contributed by atoms with Crippen molar-refractivity contribution in [2.24, 2.45) is 5.73 Å². The van der Waals surface area contributed by atoms with Gasteiger partial charge in [0.1, 0.15) is 6.61 Å². The number of carbonyl (C=O) groups excluding carboxylic acids is 1. The highest BCUT2D eigenvalue weighted by Gasteiger charge is 2.01. The predicted molar refractivity (Wildman–Crippen MR) is 59.9 cm³/mol. The van der Waals surface area contributed by atoms with Crippen molar-refractivity contribution in [1.29, 1.82) is 0 Å². The van der Waals surface area contributed by atoms with Crippen molar-refractivity contribution in [3.8, 4) is 0 Å². The summed E-state index contributed by atoms with van der Waals surface area (Å²) >= 11 is 0. The van der Waals surface area contributed by atoms with Gasteiger partial charge in [-0.3, -0.25) is 4.68 Å². The number of nitrogens with two attached hydrogens (primary N) is 1. The highest BCUT2D eigenvalue weighted by Crippen LogP contribution is 2.04. The summed E-state index contributed by atoms with van der Waals surface area (Å²) in [5, 5.41) is 7.34. The molecular formula is C10H18N4O2. The molecule has 16 heavy (non-hydrogen) atoms. The molecule has 0 saturated heterocycles. The summed E-state index contributed by atoms with van der Waals surface area (Å²) in [5.74, 6) is 0. The van der Waals surface area contributed by atoms with Gasteiger partial charge in [0.05, 0.1) is 6.20 Å². The molecule has 0 aliphatic carbocycles. The molecule has 1 rings (SSSR count). The molecule has 1 amide bonds. The lowest BCUT2D eigenvalue weighted by Crippen LogP contribution is -2.23. The molecule has 1 aromatic heterocycles. The van der Waals surface area contributed by atoms with Crippen LogP contribution in [-0.2, 0) is 11.3 Å². The van der Waals surface area contributed by atoms with Gasteiger partial charge in [0.15, 0.2) is 0 Å². The molecule has 90 valence electrons. The highest BCUT2D eigenvalue weighted by atomic mass is 16.5. The quantitative estimate of drug-likeness (QED) is 0.698. The minimum absolute atomic E-state index is 0.285. The van der Waals surface area contributed by atoms with Crippen LogP contribution in [0.5, 0.6) is 0 Å². The van der Waals surface area contributed by atoms with Gasteiger partial charge in [-0.15, -0.1) is 0 Å². The second-order valence-corrected chi connectivity index (χ2v) is 3.77. The first-order chi connectivity index (χ1) is 7.59. The molecule has 1 aromatic rings. The van der Waals surface area contributed by atoms with Crippen LogP contribution in [0, 0.1) is 0 Å². The number of carbonyl (C=O) groups is 1. The molecule has 0 atom stereocenters. The van der Waals surface area contributed by atoms with E-state index in [9.17, 15) is 4.79 Å². The Kier molecular flexibility index (Phi) is 4.78. The van der Waals surface area contributed by atoms with Crippen LogP contribution >= 0.6 is 0 Å². The summed E-state index contributed by atoms with van der Waals surface area (Å²) in [6.45, 7) is 5.72. The van der Waals surface area contributed by atoms with E-state index in [1.54, 1.807) is 0 Å². The van der Waals surface area contributed by atoms with Crippen molar-refractivity contribution < 1.29 is 9.53 Å². The highest BCUT2D eigenvalue weighted by molar-refractivity contribution is 5.64. The molecule has 1 heterocycles. The zero-order chi connectivity index (χ0) is 12.0. The molecule has 0 fully saturated rings. The van der Waals surface area contributed by atoms with E-state index >= 15 is 0 Å². The molecule has 0 spiro atoms. The molecule has 0 bridgehead atoms. The molecule has 6 heteroatoms. The minimum atomic E-state index is -0.741. The van der Waals surface area contributed by atoms with Gasteiger partial charge in [0, 0.05) is 30.9 Å².